The first-order chi connectivity index (χ1) is 7.26. The van der Waals surface area contributed by atoms with Gasteiger partial charge in [0.1, 0.15) is 11.0 Å². The van der Waals surface area contributed by atoms with E-state index in [9.17, 15) is 0 Å². The molecule has 0 fully saturated rings. The number of nitrogens with one attached hydrogen (secondary N) is 2. The zero-order valence-electron chi connectivity index (χ0n) is 8.33. The summed E-state index contributed by atoms with van der Waals surface area (Å²) in [5.41, 5.74) is 0. The molecule has 0 aliphatic carbocycles. The van der Waals surface area contributed by atoms with Gasteiger partial charge < -0.3 is 10.6 Å². The Labute approximate surface area is 94.1 Å². The van der Waals surface area contributed by atoms with Crippen LogP contribution in [-0.4, -0.2) is 23.1 Å². The summed E-state index contributed by atoms with van der Waals surface area (Å²) in [6.45, 7) is 8.42. The number of hydrogen-bond acceptors (Lipinski definition) is 4. The van der Waals surface area contributed by atoms with Crippen molar-refractivity contribution >= 4 is 23.4 Å². The third kappa shape index (κ3) is 3.99. The molecule has 5 heteroatoms. The Hall–Kier alpha value is -1.55. The van der Waals surface area contributed by atoms with Crippen LogP contribution in [-0.2, 0) is 0 Å². The lowest BCUT2D eigenvalue weighted by Crippen LogP contribution is -2.06. The zero-order valence-corrected chi connectivity index (χ0v) is 9.09. The van der Waals surface area contributed by atoms with Crippen LogP contribution in [0.15, 0.2) is 31.4 Å². The maximum absolute atomic E-state index is 5.83. The molecule has 0 radical (unpaired) electrons. The van der Waals surface area contributed by atoms with E-state index in [1.54, 1.807) is 18.2 Å². The molecule has 0 saturated carbocycles. The summed E-state index contributed by atoms with van der Waals surface area (Å²) < 4.78 is 0. The second kappa shape index (κ2) is 6.03. The van der Waals surface area contributed by atoms with Gasteiger partial charge in [0.2, 0.25) is 5.95 Å². The van der Waals surface area contributed by atoms with Gasteiger partial charge >= 0.3 is 0 Å². The van der Waals surface area contributed by atoms with Crippen LogP contribution < -0.4 is 10.6 Å². The number of rotatable bonds is 6. The quantitative estimate of drug-likeness (QED) is 0.575. The van der Waals surface area contributed by atoms with Crippen LogP contribution in [0.25, 0.3) is 0 Å². The Morgan fingerprint density at radius 3 is 2.53 bits per heavy atom. The smallest absolute Gasteiger partial charge is 0.226 e. The molecule has 0 amide bonds. The van der Waals surface area contributed by atoms with Crippen molar-refractivity contribution in [2.24, 2.45) is 0 Å². The van der Waals surface area contributed by atoms with Gasteiger partial charge in [0.25, 0.3) is 0 Å². The molecule has 0 spiro atoms. The molecular formula is C10H13ClN4. The van der Waals surface area contributed by atoms with Crippen LogP contribution >= 0.6 is 11.6 Å². The van der Waals surface area contributed by atoms with Gasteiger partial charge in [-0.2, -0.15) is 4.98 Å². The van der Waals surface area contributed by atoms with Crippen molar-refractivity contribution in [3.8, 4) is 0 Å². The lowest BCUT2D eigenvalue weighted by molar-refractivity contribution is 1.11. The summed E-state index contributed by atoms with van der Waals surface area (Å²) >= 11 is 5.83. The van der Waals surface area contributed by atoms with Crippen LogP contribution in [0.1, 0.15) is 0 Å². The first-order valence-electron chi connectivity index (χ1n) is 4.50. The molecule has 0 unspecified atom stereocenters. The fourth-order valence-electron chi connectivity index (χ4n) is 0.927. The number of anilines is 2. The summed E-state index contributed by atoms with van der Waals surface area (Å²) in [7, 11) is 0. The van der Waals surface area contributed by atoms with Crippen LogP contribution in [0.5, 0.6) is 0 Å². The van der Waals surface area contributed by atoms with Crippen molar-refractivity contribution < 1.29 is 0 Å². The Balaban J connectivity index is 2.74. The molecule has 0 atom stereocenters. The second-order valence-electron chi connectivity index (χ2n) is 2.74. The number of halogens is 1. The summed E-state index contributed by atoms with van der Waals surface area (Å²) in [5, 5.41) is 6.39. The molecule has 1 aromatic rings. The van der Waals surface area contributed by atoms with E-state index in [-0.39, 0.29) is 0 Å². The molecular weight excluding hydrogens is 212 g/mol. The molecule has 1 aromatic heterocycles. The largest absolute Gasteiger partial charge is 0.366 e. The van der Waals surface area contributed by atoms with E-state index in [1.165, 1.54) is 0 Å². The first kappa shape index (κ1) is 11.5. The van der Waals surface area contributed by atoms with Gasteiger partial charge in [0.15, 0.2) is 0 Å². The van der Waals surface area contributed by atoms with Gasteiger partial charge in [-0.1, -0.05) is 23.8 Å². The summed E-state index contributed by atoms with van der Waals surface area (Å²) in [5.74, 6) is 1.15. The van der Waals surface area contributed by atoms with Gasteiger partial charge in [0.05, 0.1) is 0 Å². The van der Waals surface area contributed by atoms with Crippen molar-refractivity contribution in [1.29, 1.82) is 0 Å². The van der Waals surface area contributed by atoms with E-state index in [0.717, 1.165) is 0 Å². The lowest BCUT2D eigenvalue weighted by atomic mass is 10.5. The van der Waals surface area contributed by atoms with Crippen LogP contribution in [0.4, 0.5) is 11.8 Å². The maximum atomic E-state index is 5.83. The fraction of sp³-hybridized carbons (Fsp3) is 0.200. The van der Waals surface area contributed by atoms with E-state index >= 15 is 0 Å². The van der Waals surface area contributed by atoms with Crippen LogP contribution in [0.3, 0.4) is 0 Å². The van der Waals surface area contributed by atoms with Crippen LogP contribution in [0, 0.1) is 0 Å². The maximum Gasteiger partial charge on any atom is 0.226 e. The highest BCUT2D eigenvalue weighted by molar-refractivity contribution is 6.29. The molecule has 1 rings (SSSR count). The number of aromatic nitrogens is 2. The predicted molar refractivity (Wildman–Crippen MR) is 64.4 cm³/mol. The summed E-state index contributed by atoms with van der Waals surface area (Å²) in [6.07, 6.45) is 3.47. The van der Waals surface area contributed by atoms with Gasteiger partial charge in [-0.15, -0.1) is 13.2 Å². The molecule has 2 N–H and O–H groups in total. The standard InChI is InChI=1S/C10H13ClN4/c1-3-5-12-9-7-8(11)14-10(15-9)13-6-4-2/h3-4,7H,1-2,5-6H2,(H2,12,13,14,15). The number of hydrogen-bond donors (Lipinski definition) is 2. The Bertz CT molecular complexity index is 321. The highest BCUT2D eigenvalue weighted by atomic mass is 35.5. The molecule has 0 saturated heterocycles. The van der Waals surface area contributed by atoms with E-state index in [4.69, 9.17) is 11.6 Å². The zero-order chi connectivity index (χ0) is 11.1. The van der Waals surface area contributed by atoms with Crippen LogP contribution in [0.2, 0.25) is 5.15 Å². The molecule has 15 heavy (non-hydrogen) atoms. The third-order valence-electron chi connectivity index (χ3n) is 1.53. The topological polar surface area (TPSA) is 49.8 Å². The average molecular weight is 225 g/mol. The summed E-state index contributed by atoms with van der Waals surface area (Å²) in [4.78, 5) is 8.20. The second-order valence-corrected chi connectivity index (χ2v) is 3.13. The van der Waals surface area contributed by atoms with E-state index < -0.39 is 0 Å². The molecule has 0 aliphatic rings. The lowest BCUT2D eigenvalue weighted by Gasteiger charge is -2.06. The fourth-order valence-corrected chi connectivity index (χ4v) is 1.11. The highest BCUT2D eigenvalue weighted by Crippen LogP contribution is 2.13. The normalized spacial score (nSPS) is 9.40. The van der Waals surface area contributed by atoms with E-state index in [1.807, 2.05) is 0 Å². The first-order valence-corrected chi connectivity index (χ1v) is 4.88. The molecule has 0 bridgehead atoms. The molecule has 0 aromatic carbocycles. The molecule has 0 aliphatic heterocycles. The van der Waals surface area contributed by atoms with Gasteiger partial charge in [-0.25, -0.2) is 4.98 Å². The minimum atomic E-state index is 0.392. The monoisotopic (exact) mass is 224 g/mol. The number of nitrogens with zero attached hydrogens (tertiary/aromatic N) is 2. The molecule has 80 valence electrons. The molecule has 1 heterocycles. The average Bonchev–Trinajstić information content (AvgIpc) is 2.23. The van der Waals surface area contributed by atoms with E-state index in [0.29, 0.717) is 30.0 Å². The van der Waals surface area contributed by atoms with Gasteiger partial charge in [0, 0.05) is 19.2 Å². The Morgan fingerprint density at radius 2 is 1.87 bits per heavy atom. The van der Waals surface area contributed by atoms with Gasteiger partial charge in [-0.05, 0) is 0 Å². The molecule has 4 nitrogen and oxygen atoms in total. The minimum absolute atomic E-state index is 0.392. The van der Waals surface area contributed by atoms with Crippen molar-refractivity contribution in [2.45, 2.75) is 0 Å². The van der Waals surface area contributed by atoms with Gasteiger partial charge in [-0.3, -0.25) is 0 Å². The van der Waals surface area contributed by atoms with Crippen molar-refractivity contribution in [3.63, 3.8) is 0 Å². The predicted octanol–water partition coefficient (Wildman–Crippen LogP) is 2.33. The highest BCUT2D eigenvalue weighted by Gasteiger charge is 2.00. The van der Waals surface area contributed by atoms with E-state index in [2.05, 4.69) is 33.8 Å². The summed E-state index contributed by atoms with van der Waals surface area (Å²) in [6, 6.07) is 1.66. The van der Waals surface area contributed by atoms with Crippen molar-refractivity contribution in [3.05, 3.63) is 36.5 Å². The Morgan fingerprint density at radius 1 is 1.20 bits per heavy atom. The SMILES string of the molecule is C=CCNc1cc(Cl)nc(NCC=C)n1. The van der Waals surface area contributed by atoms with Crippen molar-refractivity contribution in [1.82, 2.24) is 9.97 Å². The van der Waals surface area contributed by atoms with Crippen molar-refractivity contribution in [2.75, 3.05) is 23.7 Å². The Kier molecular flexibility index (Phi) is 4.63. The minimum Gasteiger partial charge on any atom is -0.366 e. The third-order valence-corrected chi connectivity index (χ3v) is 1.72.